The number of alkyl halides is 1. The molecule has 1 aromatic carbocycles. The van der Waals surface area contributed by atoms with Gasteiger partial charge >= 0.3 is 6.09 Å². The van der Waals surface area contributed by atoms with Gasteiger partial charge in [-0.2, -0.15) is 0 Å². The molecule has 1 N–H and O–H groups in total. The van der Waals surface area contributed by atoms with Gasteiger partial charge in [-0.05, 0) is 44.0 Å². The Hall–Kier alpha value is -1.36. The Balaban J connectivity index is 2.72. The first-order valence-corrected chi connectivity index (χ1v) is 6.26. The average molecular weight is 292 g/mol. The van der Waals surface area contributed by atoms with Crippen molar-refractivity contribution in [3.63, 3.8) is 0 Å². The lowest BCUT2D eigenvalue weighted by molar-refractivity contribution is 0.0523. The van der Waals surface area contributed by atoms with Gasteiger partial charge in [-0.15, -0.1) is 11.6 Å². The third-order valence-electron chi connectivity index (χ3n) is 2.21. The molecule has 0 saturated heterocycles. The lowest BCUT2D eigenvalue weighted by Crippen LogP contribution is -2.32. The Bertz CT molecular complexity index is 472. The highest BCUT2D eigenvalue weighted by atomic mass is 35.5. The fourth-order valence-electron chi connectivity index (χ4n) is 1.40. The van der Waals surface area contributed by atoms with E-state index in [1.807, 2.05) is 0 Å². The van der Waals surface area contributed by atoms with Crippen LogP contribution in [0.25, 0.3) is 0 Å². The van der Waals surface area contributed by atoms with Crippen molar-refractivity contribution in [3.05, 3.63) is 34.9 Å². The fraction of sp³-hybridized carbons (Fsp3) is 0.462. The summed E-state index contributed by atoms with van der Waals surface area (Å²) in [5, 5.41) is 2.47. The van der Waals surface area contributed by atoms with Crippen LogP contribution in [-0.4, -0.2) is 11.7 Å². The molecule has 0 radical (unpaired) electrons. The molecule has 19 heavy (non-hydrogen) atoms. The topological polar surface area (TPSA) is 38.3 Å². The van der Waals surface area contributed by atoms with Gasteiger partial charge in [-0.1, -0.05) is 0 Å². The number of hydrogen-bond donors (Lipinski definition) is 1. The first-order valence-electron chi connectivity index (χ1n) is 5.72. The molecule has 1 rings (SSSR count). The van der Waals surface area contributed by atoms with E-state index in [2.05, 4.69) is 5.32 Å². The molecule has 0 saturated carbocycles. The van der Waals surface area contributed by atoms with Crippen LogP contribution in [-0.2, 0) is 17.2 Å². The number of carbonyl (C=O) groups is 1. The van der Waals surface area contributed by atoms with Crippen molar-refractivity contribution in [1.82, 2.24) is 5.32 Å². The summed E-state index contributed by atoms with van der Waals surface area (Å²) in [4.78, 5) is 11.4. The summed E-state index contributed by atoms with van der Waals surface area (Å²) in [6.45, 7) is 5.21. The van der Waals surface area contributed by atoms with Crippen molar-refractivity contribution in [2.24, 2.45) is 0 Å². The first kappa shape index (κ1) is 15.7. The van der Waals surface area contributed by atoms with E-state index in [0.29, 0.717) is 11.1 Å². The molecule has 6 heteroatoms. The molecular formula is C13H16ClF2NO2. The number of hydrogen-bond acceptors (Lipinski definition) is 2. The second-order valence-electron chi connectivity index (χ2n) is 5.02. The Labute approximate surface area is 115 Å². The maximum Gasteiger partial charge on any atom is 0.407 e. The van der Waals surface area contributed by atoms with E-state index in [1.165, 1.54) is 0 Å². The maximum atomic E-state index is 13.1. The molecule has 0 heterocycles. The van der Waals surface area contributed by atoms with Crippen LogP contribution in [0.2, 0.25) is 0 Å². The zero-order valence-electron chi connectivity index (χ0n) is 11.0. The van der Waals surface area contributed by atoms with Crippen LogP contribution in [0, 0.1) is 11.6 Å². The van der Waals surface area contributed by atoms with E-state index in [-0.39, 0.29) is 12.4 Å². The van der Waals surface area contributed by atoms with Crippen molar-refractivity contribution >= 4 is 17.7 Å². The van der Waals surface area contributed by atoms with E-state index >= 15 is 0 Å². The van der Waals surface area contributed by atoms with Gasteiger partial charge in [-0.3, -0.25) is 0 Å². The van der Waals surface area contributed by atoms with Gasteiger partial charge in [0.05, 0.1) is 0 Å². The lowest BCUT2D eigenvalue weighted by atomic mass is 10.1. The first-order chi connectivity index (χ1) is 8.73. The second kappa shape index (κ2) is 6.19. The van der Waals surface area contributed by atoms with Crippen molar-refractivity contribution in [1.29, 1.82) is 0 Å². The van der Waals surface area contributed by atoms with Crippen molar-refractivity contribution in [2.45, 2.75) is 38.8 Å². The highest BCUT2D eigenvalue weighted by molar-refractivity contribution is 6.17. The number of nitrogens with one attached hydrogen (secondary N) is 1. The smallest absolute Gasteiger partial charge is 0.407 e. The highest BCUT2D eigenvalue weighted by Crippen LogP contribution is 2.17. The highest BCUT2D eigenvalue weighted by Gasteiger charge is 2.16. The van der Waals surface area contributed by atoms with Crippen LogP contribution < -0.4 is 5.32 Å². The van der Waals surface area contributed by atoms with Crippen LogP contribution in [0.3, 0.4) is 0 Å². The molecule has 0 spiro atoms. The molecule has 1 amide bonds. The van der Waals surface area contributed by atoms with Crippen LogP contribution in [0.15, 0.2) is 12.1 Å². The summed E-state index contributed by atoms with van der Waals surface area (Å²) in [6.07, 6.45) is -0.627. The summed E-state index contributed by atoms with van der Waals surface area (Å²) < 4.78 is 31.2. The van der Waals surface area contributed by atoms with Gasteiger partial charge in [0.25, 0.3) is 0 Å². The molecule has 0 fully saturated rings. The summed E-state index contributed by atoms with van der Waals surface area (Å²) in [6, 6.07) is 2.04. The Morgan fingerprint density at radius 2 is 1.79 bits per heavy atom. The van der Waals surface area contributed by atoms with Crippen molar-refractivity contribution in [2.75, 3.05) is 0 Å². The third-order valence-corrected chi connectivity index (χ3v) is 2.50. The maximum absolute atomic E-state index is 13.1. The van der Waals surface area contributed by atoms with Crippen LogP contribution in [0.5, 0.6) is 0 Å². The second-order valence-corrected chi connectivity index (χ2v) is 5.29. The third kappa shape index (κ3) is 5.03. The molecule has 0 bridgehead atoms. The average Bonchev–Trinajstić information content (AvgIpc) is 2.28. The molecular weight excluding hydrogens is 276 g/mol. The number of carbonyl (C=O) groups excluding carboxylic acids is 1. The molecule has 3 nitrogen and oxygen atoms in total. The molecule has 0 aliphatic rings. The molecule has 1 aromatic rings. The van der Waals surface area contributed by atoms with Gasteiger partial charge < -0.3 is 10.1 Å². The van der Waals surface area contributed by atoms with Gasteiger partial charge in [-0.25, -0.2) is 13.6 Å². The fourth-order valence-corrected chi connectivity index (χ4v) is 1.65. The molecule has 0 unspecified atom stereocenters. The number of rotatable bonds is 3. The largest absolute Gasteiger partial charge is 0.444 e. The molecule has 0 aliphatic heterocycles. The standard InChI is InChI=1S/C13H16ClF2NO2/c1-13(2,3)19-12(18)17-7-9-5-11(16)10(15)4-8(9)6-14/h4-5H,6-7H2,1-3H3,(H,17,18). The number of amides is 1. The van der Waals surface area contributed by atoms with E-state index in [4.69, 9.17) is 16.3 Å². The number of alkyl carbamates (subject to hydrolysis) is 1. The van der Waals surface area contributed by atoms with E-state index < -0.39 is 23.3 Å². The minimum atomic E-state index is -0.977. The van der Waals surface area contributed by atoms with Crippen LogP contribution in [0.4, 0.5) is 13.6 Å². The zero-order valence-corrected chi connectivity index (χ0v) is 11.8. The normalized spacial score (nSPS) is 11.3. The van der Waals surface area contributed by atoms with Gasteiger partial charge in [0.1, 0.15) is 5.60 Å². The van der Waals surface area contributed by atoms with Crippen LogP contribution >= 0.6 is 11.6 Å². The van der Waals surface area contributed by atoms with E-state index in [9.17, 15) is 13.6 Å². The molecule has 106 valence electrons. The Morgan fingerprint density at radius 3 is 2.26 bits per heavy atom. The monoisotopic (exact) mass is 291 g/mol. The van der Waals surface area contributed by atoms with Gasteiger partial charge in [0.15, 0.2) is 11.6 Å². The Morgan fingerprint density at radius 1 is 1.26 bits per heavy atom. The molecule has 0 atom stereocenters. The summed E-state index contributed by atoms with van der Waals surface area (Å²) in [7, 11) is 0. The minimum Gasteiger partial charge on any atom is -0.444 e. The predicted molar refractivity (Wildman–Crippen MR) is 69.0 cm³/mol. The van der Waals surface area contributed by atoms with E-state index in [0.717, 1.165) is 12.1 Å². The molecule has 0 aromatic heterocycles. The van der Waals surface area contributed by atoms with Gasteiger partial charge in [0.2, 0.25) is 0 Å². The number of halogens is 3. The van der Waals surface area contributed by atoms with Crippen LogP contribution in [0.1, 0.15) is 31.9 Å². The molecule has 0 aliphatic carbocycles. The number of ether oxygens (including phenoxy) is 1. The quantitative estimate of drug-likeness (QED) is 0.862. The Kier molecular flexibility index (Phi) is 5.11. The summed E-state index contributed by atoms with van der Waals surface area (Å²) in [5.74, 6) is -1.91. The SMILES string of the molecule is CC(C)(C)OC(=O)NCc1cc(F)c(F)cc1CCl. The minimum absolute atomic E-state index is 0.0220. The van der Waals surface area contributed by atoms with E-state index in [1.54, 1.807) is 20.8 Å². The summed E-state index contributed by atoms with van der Waals surface area (Å²) >= 11 is 5.65. The van der Waals surface area contributed by atoms with Gasteiger partial charge in [0, 0.05) is 12.4 Å². The van der Waals surface area contributed by atoms with Crippen molar-refractivity contribution in [3.8, 4) is 0 Å². The predicted octanol–water partition coefficient (Wildman–Crippen LogP) is 3.73. The zero-order chi connectivity index (χ0) is 14.6. The number of benzene rings is 1. The summed E-state index contributed by atoms with van der Waals surface area (Å²) in [5.41, 5.74) is 0.226. The lowest BCUT2D eigenvalue weighted by Gasteiger charge is -2.20. The van der Waals surface area contributed by atoms with Crippen molar-refractivity contribution < 1.29 is 18.3 Å².